The molecule has 0 aliphatic carbocycles. The molecule has 1 fully saturated rings. The highest BCUT2D eigenvalue weighted by Gasteiger charge is 2.32. The third-order valence-corrected chi connectivity index (χ3v) is 6.33. The summed E-state index contributed by atoms with van der Waals surface area (Å²) in [7, 11) is -4.30. The highest BCUT2D eigenvalue weighted by molar-refractivity contribution is 7.92. The number of alkyl halides is 3. The van der Waals surface area contributed by atoms with Crippen LogP contribution in [0.3, 0.4) is 0 Å². The summed E-state index contributed by atoms with van der Waals surface area (Å²) in [5.41, 5.74) is -1.32. The third kappa shape index (κ3) is 5.50. The van der Waals surface area contributed by atoms with E-state index in [2.05, 4.69) is 4.72 Å². The Hall–Kier alpha value is -2.30. The van der Waals surface area contributed by atoms with Gasteiger partial charge in [0.25, 0.3) is 15.9 Å². The van der Waals surface area contributed by atoms with E-state index < -0.39 is 27.5 Å². The zero-order chi connectivity index (χ0) is 23.0. The molecule has 1 N–H and O–H groups in total. The molecule has 2 atom stereocenters. The minimum Gasteiger partial charge on any atom is -0.372 e. The fraction of sp³-hybridized carbons (Fsp3) is 0.350. The fourth-order valence-corrected chi connectivity index (χ4v) is 4.64. The van der Waals surface area contributed by atoms with Gasteiger partial charge in [0.05, 0.1) is 33.4 Å². The first kappa shape index (κ1) is 23.4. The Morgan fingerprint density at radius 3 is 2.39 bits per heavy atom. The number of nitrogens with one attached hydrogen (secondary N) is 1. The van der Waals surface area contributed by atoms with Crippen LogP contribution in [0.15, 0.2) is 47.4 Å². The Morgan fingerprint density at radius 1 is 1.13 bits per heavy atom. The molecule has 1 aliphatic heterocycles. The lowest BCUT2D eigenvalue weighted by Crippen LogP contribution is -2.48. The van der Waals surface area contributed by atoms with E-state index in [0.717, 1.165) is 12.1 Å². The van der Waals surface area contributed by atoms with Crippen molar-refractivity contribution in [1.82, 2.24) is 4.90 Å². The van der Waals surface area contributed by atoms with E-state index in [1.165, 1.54) is 24.3 Å². The molecule has 0 bridgehead atoms. The zero-order valence-corrected chi connectivity index (χ0v) is 18.2. The van der Waals surface area contributed by atoms with Crippen molar-refractivity contribution in [3.63, 3.8) is 0 Å². The second kappa shape index (κ2) is 8.68. The van der Waals surface area contributed by atoms with Crippen molar-refractivity contribution in [2.24, 2.45) is 0 Å². The van der Waals surface area contributed by atoms with Gasteiger partial charge in [-0.2, -0.15) is 13.2 Å². The van der Waals surface area contributed by atoms with Crippen LogP contribution in [0.4, 0.5) is 18.9 Å². The topological polar surface area (TPSA) is 75.7 Å². The molecular weight excluding hydrogens is 457 g/mol. The molecule has 1 amide bonds. The number of nitrogens with zero attached hydrogens (tertiary/aromatic N) is 1. The molecule has 0 unspecified atom stereocenters. The molecule has 0 radical (unpaired) electrons. The van der Waals surface area contributed by atoms with Crippen molar-refractivity contribution in [3.05, 3.63) is 58.6 Å². The van der Waals surface area contributed by atoms with Gasteiger partial charge in [-0.25, -0.2) is 8.42 Å². The van der Waals surface area contributed by atoms with Crippen LogP contribution in [0.5, 0.6) is 0 Å². The van der Waals surface area contributed by atoms with Gasteiger partial charge in [-0.3, -0.25) is 9.52 Å². The molecule has 0 aromatic heterocycles. The van der Waals surface area contributed by atoms with Gasteiger partial charge in [0.15, 0.2) is 0 Å². The maximum Gasteiger partial charge on any atom is 0.416 e. The number of carbonyl (C=O) groups excluding carboxylic acids is 1. The number of carbonyl (C=O) groups is 1. The smallest absolute Gasteiger partial charge is 0.372 e. The van der Waals surface area contributed by atoms with E-state index in [0.29, 0.717) is 19.2 Å². The number of hydrogen-bond acceptors (Lipinski definition) is 4. The molecule has 31 heavy (non-hydrogen) atoms. The summed E-state index contributed by atoms with van der Waals surface area (Å²) in [4.78, 5) is 14.1. The van der Waals surface area contributed by atoms with Gasteiger partial charge >= 0.3 is 6.18 Å². The molecule has 1 heterocycles. The Morgan fingerprint density at radius 2 is 1.77 bits per heavy atom. The summed E-state index contributed by atoms with van der Waals surface area (Å²) < 4.78 is 72.1. The van der Waals surface area contributed by atoms with Crippen LogP contribution >= 0.6 is 11.6 Å². The molecule has 0 spiro atoms. The number of amides is 1. The number of rotatable bonds is 4. The first-order chi connectivity index (χ1) is 14.4. The molecule has 2 aromatic rings. The van der Waals surface area contributed by atoms with Gasteiger partial charge in [-0.1, -0.05) is 17.7 Å². The van der Waals surface area contributed by atoms with Crippen molar-refractivity contribution in [3.8, 4) is 0 Å². The summed E-state index contributed by atoms with van der Waals surface area (Å²) >= 11 is 5.88. The van der Waals surface area contributed by atoms with Crippen molar-refractivity contribution in [1.29, 1.82) is 0 Å². The standard InChI is InChI=1S/C20H20ClF3N2O4S/c1-12-10-26(11-13(2)30-12)19(27)14-4-3-5-16(8-14)31(28,29)25-18-9-15(20(22,23)24)6-7-17(18)21/h3-9,12-13,25H,10-11H2,1-2H3/t12-,13-/m1/s1. The molecule has 3 rings (SSSR count). The highest BCUT2D eigenvalue weighted by atomic mass is 35.5. The van der Waals surface area contributed by atoms with Gasteiger partial charge in [0.2, 0.25) is 0 Å². The van der Waals surface area contributed by atoms with E-state index in [1.807, 2.05) is 13.8 Å². The van der Waals surface area contributed by atoms with E-state index in [-0.39, 0.29) is 33.6 Å². The number of ether oxygens (including phenoxy) is 1. The third-order valence-electron chi connectivity index (χ3n) is 4.64. The molecular formula is C20H20ClF3N2O4S. The molecule has 168 valence electrons. The fourth-order valence-electron chi connectivity index (χ4n) is 3.31. The van der Waals surface area contributed by atoms with E-state index >= 15 is 0 Å². The average molecular weight is 477 g/mol. The van der Waals surface area contributed by atoms with Crippen molar-refractivity contribution >= 4 is 33.2 Å². The van der Waals surface area contributed by atoms with Gasteiger partial charge in [0, 0.05) is 18.7 Å². The number of sulfonamides is 1. The molecule has 0 saturated carbocycles. The van der Waals surface area contributed by atoms with Crippen LogP contribution < -0.4 is 4.72 Å². The minimum atomic E-state index is -4.66. The normalized spacial score (nSPS) is 19.9. The maximum atomic E-state index is 13.0. The van der Waals surface area contributed by atoms with E-state index in [9.17, 15) is 26.4 Å². The Bertz CT molecular complexity index is 1080. The molecule has 1 saturated heterocycles. The summed E-state index contributed by atoms with van der Waals surface area (Å²) in [6, 6.07) is 7.62. The second-order valence-electron chi connectivity index (χ2n) is 7.29. The second-order valence-corrected chi connectivity index (χ2v) is 9.38. The van der Waals surface area contributed by atoms with Crippen LogP contribution in [-0.4, -0.2) is 44.5 Å². The largest absolute Gasteiger partial charge is 0.416 e. The number of halogens is 4. The quantitative estimate of drug-likeness (QED) is 0.709. The first-order valence-corrected chi connectivity index (χ1v) is 11.2. The van der Waals surface area contributed by atoms with Gasteiger partial charge in [-0.15, -0.1) is 0 Å². The lowest BCUT2D eigenvalue weighted by atomic mass is 10.1. The number of hydrogen-bond donors (Lipinski definition) is 1. The van der Waals surface area contributed by atoms with E-state index in [4.69, 9.17) is 16.3 Å². The monoisotopic (exact) mass is 476 g/mol. The zero-order valence-electron chi connectivity index (χ0n) is 16.6. The van der Waals surface area contributed by atoms with Crippen LogP contribution in [0.2, 0.25) is 5.02 Å². The lowest BCUT2D eigenvalue weighted by molar-refractivity contribution is -0.137. The summed E-state index contributed by atoms with van der Waals surface area (Å²) in [5, 5.41) is -0.194. The van der Waals surface area contributed by atoms with E-state index in [1.54, 1.807) is 4.90 Å². The summed E-state index contributed by atoms with van der Waals surface area (Å²) in [5.74, 6) is -0.365. The molecule has 6 nitrogen and oxygen atoms in total. The van der Waals surface area contributed by atoms with Gasteiger partial charge < -0.3 is 9.64 Å². The van der Waals surface area contributed by atoms with Crippen LogP contribution in [-0.2, 0) is 20.9 Å². The Labute approximate surface area is 183 Å². The number of anilines is 1. The molecule has 2 aromatic carbocycles. The lowest BCUT2D eigenvalue weighted by Gasteiger charge is -2.35. The Kier molecular flexibility index (Phi) is 6.54. The Balaban J connectivity index is 1.87. The van der Waals surface area contributed by atoms with Crippen molar-refractivity contribution in [2.45, 2.75) is 37.1 Å². The van der Waals surface area contributed by atoms with Crippen LogP contribution in [0.1, 0.15) is 29.8 Å². The molecule has 11 heteroatoms. The predicted octanol–water partition coefficient (Wildman–Crippen LogP) is 4.41. The molecule has 1 aliphatic rings. The first-order valence-electron chi connectivity index (χ1n) is 9.31. The van der Waals surface area contributed by atoms with Crippen LogP contribution in [0, 0.1) is 0 Å². The van der Waals surface area contributed by atoms with Gasteiger partial charge in [-0.05, 0) is 50.2 Å². The summed E-state index contributed by atoms with van der Waals surface area (Å²) in [6.45, 7) is 4.38. The number of benzene rings is 2. The average Bonchev–Trinajstić information content (AvgIpc) is 2.67. The minimum absolute atomic E-state index is 0.138. The SMILES string of the molecule is C[C@@H]1CN(C(=O)c2cccc(S(=O)(=O)Nc3cc(C(F)(F)F)ccc3Cl)c2)C[C@@H](C)O1. The van der Waals surface area contributed by atoms with Crippen molar-refractivity contribution in [2.75, 3.05) is 17.8 Å². The van der Waals surface area contributed by atoms with Gasteiger partial charge in [0.1, 0.15) is 0 Å². The summed E-state index contributed by atoms with van der Waals surface area (Å²) in [6.07, 6.45) is -4.99. The predicted molar refractivity (Wildman–Crippen MR) is 110 cm³/mol. The van der Waals surface area contributed by atoms with Crippen molar-refractivity contribution < 1.29 is 31.1 Å². The maximum absolute atomic E-state index is 13.0. The van der Waals surface area contributed by atoms with Crippen LogP contribution in [0.25, 0.3) is 0 Å². The number of morpholine rings is 1. The highest BCUT2D eigenvalue weighted by Crippen LogP contribution is 2.34.